The van der Waals surface area contributed by atoms with Crippen LogP contribution in [0.25, 0.3) is 0 Å². The zero-order chi connectivity index (χ0) is 15.7. The molecule has 0 bridgehead atoms. The Balaban J connectivity index is 1.69. The summed E-state index contributed by atoms with van der Waals surface area (Å²) in [5.41, 5.74) is 0.409. The molecule has 1 atom stereocenters. The van der Waals surface area contributed by atoms with Gasteiger partial charge in [0.15, 0.2) is 0 Å². The van der Waals surface area contributed by atoms with Crippen molar-refractivity contribution in [3.05, 3.63) is 23.9 Å². The summed E-state index contributed by atoms with van der Waals surface area (Å²) in [6.07, 6.45) is 2.16. The van der Waals surface area contributed by atoms with Crippen LogP contribution in [0.1, 0.15) is 37.2 Å². The number of pyridine rings is 1. The molecule has 2 aliphatic rings. The number of likely N-dealkylation sites (tertiary alicyclic amines) is 1. The molecule has 22 heavy (non-hydrogen) atoms. The van der Waals surface area contributed by atoms with E-state index in [4.69, 9.17) is 0 Å². The minimum atomic E-state index is -1.25. The summed E-state index contributed by atoms with van der Waals surface area (Å²) >= 11 is 0. The molecule has 6 heteroatoms. The van der Waals surface area contributed by atoms with E-state index in [9.17, 15) is 9.00 Å². The van der Waals surface area contributed by atoms with E-state index < -0.39 is 11.0 Å². The van der Waals surface area contributed by atoms with E-state index in [2.05, 4.69) is 18.8 Å². The second-order valence-electron chi connectivity index (χ2n) is 6.46. The number of carbonyl (C=O) groups is 1. The molecule has 0 aliphatic carbocycles. The van der Waals surface area contributed by atoms with Crippen molar-refractivity contribution in [3.8, 4) is 0 Å². The second-order valence-corrected chi connectivity index (χ2v) is 7.89. The Morgan fingerprint density at radius 1 is 1.27 bits per heavy atom. The maximum Gasteiger partial charge on any atom is 0.272 e. The van der Waals surface area contributed by atoms with Crippen molar-refractivity contribution in [1.82, 2.24) is 14.2 Å². The number of amides is 1. The monoisotopic (exact) mass is 321 g/mol. The van der Waals surface area contributed by atoms with Crippen LogP contribution in [0.3, 0.4) is 0 Å². The molecular formula is C16H23N3O2S. The Morgan fingerprint density at radius 3 is 2.59 bits per heavy atom. The maximum absolute atomic E-state index is 12.5. The number of hydrogen-bond acceptors (Lipinski definition) is 3. The first-order valence-corrected chi connectivity index (χ1v) is 9.10. The first kappa shape index (κ1) is 15.6. The molecule has 0 saturated carbocycles. The predicted molar refractivity (Wildman–Crippen MR) is 85.7 cm³/mol. The highest BCUT2D eigenvalue weighted by atomic mass is 32.2. The van der Waals surface area contributed by atoms with E-state index in [1.807, 2.05) is 9.21 Å². The molecule has 120 valence electrons. The topological polar surface area (TPSA) is 53.5 Å². The Labute approximate surface area is 134 Å². The molecule has 2 saturated heterocycles. The highest BCUT2D eigenvalue weighted by molar-refractivity contribution is 7.82. The highest BCUT2D eigenvalue weighted by Crippen LogP contribution is 2.25. The molecule has 1 aromatic heterocycles. The molecular weight excluding hydrogens is 298 g/mol. The zero-order valence-corrected chi connectivity index (χ0v) is 14.0. The fourth-order valence-corrected chi connectivity index (χ4v) is 4.11. The van der Waals surface area contributed by atoms with Crippen LogP contribution in [0.5, 0.6) is 0 Å². The third-order valence-corrected chi connectivity index (χ3v) is 5.98. The summed E-state index contributed by atoms with van der Waals surface area (Å²) in [4.78, 5) is 18.6. The van der Waals surface area contributed by atoms with Gasteiger partial charge in [-0.3, -0.25) is 4.79 Å². The molecule has 0 radical (unpaired) electrons. The summed E-state index contributed by atoms with van der Waals surface area (Å²) in [5.74, 6) is 1.15. The van der Waals surface area contributed by atoms with Crippen LogP contribution in [-0.2, 0) is 11.0 Å². The van der Waals surface area contributed by atoms with Crippen LogP contribution in [0.2, 0.25) is 0 Å². The summed E-state index contributed by atoms with van der Waals surface area (Å²) in [6.45, 7) is 7.66. The largest absolute Gasteiger partial charge is 0.337 e. The van der Waals surface area contributed by atoms with Gasteiger partial charge in [-0.15, -0.1) is 0 Å². The van der Waals surface area contributed by atoms with E-state index in [-0.39, 0.29) is 5.91 Å². The number of nitrogens with zero attached hydrogens (tertiary/aromatic N) is 3. The van der Waals surface area contributed by atoms with Crippen LogP contribution < -0.4 is 0 Å². The average Bonchev–Trinajstić information content (AvgIpc) is 2.98. The number of carbonyl (C=O) groups excluding carboxylic acids is 1. The summed E-state index contributed by atoms with van der Waals surface area (Å²) in [6, 6.07) is 5.25. The molecule has 2 aliphatic heterocycles. The second kappa shape index (κ2) is 6.46. The van der Waals surface area contributed by atoms with E-state index in [0.29, 0.717) is 22.6 Å². The fourth-order valence-electron chi connectivity index (χ4n) is 2.88. The van der Waals surface area contributed by atoms with E-state index in [1.165, 1.54) is 0 Å². The molecule has 1 aromatic rings. The van der Waals surface area contributed by atoms with Crippen LogP contribution in [0.4, 0.5) is 0 Å². The van der Waals surface area contributed by atoms with Gasteiger partial charge in [0.1, 0.15) is 21.7 Å². The molecule has 1 unspecified atom stereocenters. The van der Waals surface area contributed by atoms with Crippen molar-refractivity contribution in [3.63, 3.8) is 0 Å². The third-order valence-electron chi connectivity index (χ3n) is 4.56. The van der Waals surface area contributed by atoms with Crippen LogP contribution in [0, 0.1) is 11.8 Å². The molecule has 0 N–H and O–H groups in total. The molecule has 3 heterocycles. The highest BCUT2D eigenvalue weighted by Gasteiger charge is 2.33. The standard InChI is InChI=1S/C16H23N3O2S/c1-12(2)13-10-18(11-13)16(20)14-6-5-7-15(17-14)22(21)19-8-3-4-9-19/h5-7,12-13H,3-4,8-11H2,1-2H3. The van der Waals surface area contributed by atoms with Crippen molar-refractivity contribution in [1.29, 1.82) is 0 Å². The van der Waals surface area contributed by atoms with Gasteiger partial charge in [0.05, 0.1) is 0 Å². The summed E-state index contributed by atoms with van der Waals surface area (Å²) < 4.78 is 14.4. The number of rotatable bonds is 4. The first-order valence-electron chi connectivity index (χ1n) is 7.99. The van der Waals surface area contributed by atoms with E-state index in [0.717, 1.165) is 39.0 Å². The molecule has 2 fully saturated rings. The maximum atomic E-state index is 12.5. The van der Waals surface area contributed by atoms with Gasteiger partial charge in [-0.1, -0.05) is 19.9 Å². The number of aromatic nitrogens is 1. The Morgan fingerprint density at radius 2 is 1.95 bits per heavy atom. The molecule has 1 amide bonds. The van der Waals surface area contributed by atoms with Gasteiger partial charge in [0.25, 0.3) is 5.91 Å². The molecule has 3 rings (SSSR count). The lowest BCUT2D eigenvalue weighted by Gasteiger charge is -2.41. The normalized spacial score (nSPS) is 21.1. The Hall–Kier alpha value is -1.27. The third kappa shape index (κ3) is 3.08. The quantitative estimate of drug-likeness (QED) is 0.851. The Bertz CT molecular complexity index is 579. The van der Waals surface area contributed by atoms with Crippen LogP contribution in [0.15, 0.2) is 23.2 Å². The SMILES string of the molecule is CC(C)C1CN(C(=O)c2cccc(S(=O)N3CCCC3)n2)C1. The van der Waals surface area contributed by atoms with Crippen molar-refractivity contribution in [2.24, 2.45) is 11.8 Å². The van der Waals surface area contributed by atoms with Crippen molar-refractivity contribution in [2.45, 2.75) is 31.7 Å². The van der Waals surface area contributed by atoms with E-state index in [1.54, 1.807) is 18.2 Å². The van der Waals surface area contributed by atoms with Gasteiger partial charge >= 0.3 is 0 Å². The first-order chi connectivity index (χ1) is 10.6. The summed E-state index contributed by atoms with van der Waals surface area (Å²) in [7, 11) is -1.25. The lowest BCUT2D eigenvalue weighted by atomic mass is 9.88. The predicted octanol–water partition coefficient (Wildman–Crippen LogP) is 1.93. The molecule has 5 nitrogen and oxygen atoms in total. The van der Waals surface area contributed by atoms with Gasteiger partial charge in [-0.05, 0) is 36.8 Å². The zero-order valence-electron chi connectivity index (χ0n) is 13.2. The lowest BCUT2D eigenvalue weighted by Crippen LogP contribution is -2.52. The van der Waals surface area contributed by atoms with Crippen LogP contribution >= 0.6 is 0 Å². The minimum Gasteiger partial charge on any atom is -0.337 e. The van der Waals surface area contributed by atoms with Gasteiger partial charge in [0.2, 0.25) is 0 Å². The van der Waals surface area contributed by atoms with Crippen molar-refractivity contribution < 1.29 is 9.00 Å². The number of hydrogen-bond donors (Lipinski definition) is 0. The van der Waals surface area contributed by atoms with Crippen molar-refractivity contribution >= 4 is 16.9 Å². The lowest BCUT2D eigenvalue weighted by molar-refractivity contribution is 0.0401. The van der Waals surface area contributed by atoms with Gasteiger partial charge < -0.3 is 4.90 Å². The fraction of sp³-hybridized carbons (Fsp3) is 0.625. The molecule has 0 aromatic carbocycles. The smallest absolute Gasteiger partial charge is 0.272 e. The van der Waals surface area contributed by atoms with E-state index >= 15 is 0 Å². The van der Waals surface area contributed by atoms with Crippen molar-refractivity contribution in [2.75, 3.05) is 26.2 Å². The van der Waals surface area contributed by atoms with Crippen LogP contribution in [-0.4, -0.2) is 50.5 Å². The Kier molecular flexibility index (Phi) is 4.59. The van der Waals surface area contributed by atoms with Gasteiger partial charge in [-0.2, -0.15) is 0 Å². The van der Waals surface area contributed by atoms with Gasteiger partial charge in [0, 0.05) is 26.2 Å². The molecule has 0 spiro atoms. The van der Waals surface area contributed by atoms with Gasteiger partial charge in [-0.25, -0.2) is 13.5 Å². The summed E-state index contributed by atoms with van der Waals surface area (Å²) in [5, 5.41) is 0.494. The minimum absolute atomic E-state index is 0.0443. The average molecular weight is 321 g/mol.